The molecular formula is C15H17N3O. The maximum absolute atomic E-state index is 10.8. The predicted octanol–water partition coefficient (Wildman–Crippen LogP) is 2.05. The Morgan fingerprint density at radius 2 is 2.05 bits per heavy atom. The molecule has 0 spiro atoms. The Hall–Kier alpha value is -2.36. The number of aromatic nitrogens is 2. The number of amides is 1. The minimum absolute atomic E-state index is 0.432. The van der Waals surface area contributed by atoms with E-state index in [1.54, 1.807) is 18.5 Å². The Balaban J connectivity index is 2.29. The van der Waals surface area contributed by atoms with E-state index in [0.717, 1.165) is 23.5 Å². The maximum atomic E-state index is 10.8. The summed E-state index contributed by atoms with van der Waals surface area (Å²) in [5, 5.41) is 0. The van der Waals surface area contributed by atoms with E-state index in [1.165, 1.54) is 11.6 Å². The summed E-state index contributed by atoms with van der Waals surface area (Å²) in [6.45, 7) is 4.88. The van der Waals surface area contributed by atoms with Crippen molar-refractivity contribution < 1.29 is 4.79 Å². The van der Waals surface area contributed by atoms with Crippen molar-refractivity contribution in [1.82, 2.24) is 9.55 Å². The lowest BCUT2D eigenvalue weighted by Crippen LogP contribution is -2.05. The number of aryl methyl sites for hydroxylation is 1. The highest BCUT2D eigenvalue weighted by Gasteiger charge is 2.07. The second kappa shape index (κ2) is 5.52. The average Bonchev–Trinajstić information content (AvgIpc) is 2.65. The third-order valence-corrected chi connectivity index (χ3v) is 3.13. The Morgan fingerprint density at radius 3 is 2.68 bits per heavy atom. The molecule has 2 aromatic heterocycles. The fourth-order valence-electron chi connectivity index (χ4n) is 2.08. The zero-order valence-electron chi connectivity index (χ0n) is 11.1. The van der Waals surface area contributed by atoms with Gasteiger partial charge in [-0.25, -0.2) is 0 Å². The molecule has 2 N–H and O–H groups in total. The Kier molecular flexibility index (Phi) is 3.80. The minimum atomic E-state index is -0.432. The lowest BCUT2D eigenvalue weighted by Gasteiger charge is -2.09. The molecule has 0 bridgehead atoms. The zero-order chi connectivity index (χ0) is 13.8. The lowest BCUT2D eigenvalue weighted by molar-refractivity contribution is -0.113. The van der Waals surface area contributed by atoms with E-state index in [2.05, 4.69) is 22.5 Å². The van der Waals surface area contributed by atoms with Gasteiger partial charge in [-0.2, -0.15) is 0 Å². The molecule has 0 saturated carbocycles. The van der Waals surface area contributed by atoms with Crippen LogP contribution < -0.4 is 5.73 Å². The summed E-state index contributed by atoms with van der Waals surface area (Å²) < 4.78 is 2.20. The molecule has 1 amide bonds. The van der Waals surface area contributed by atoms with E-state index in [9.17, 15) is 4.79 Å². The van der Waals surface area contributed by atoms with Gasteiger partial charge in [0.25, 0.3) is 0 Å². The van der Waals surface area contributed by atoms with Crippen LogP contribution in [0.1, 0.15) is 22.5 Å². The van der Waals surface area contributed by atoms with Crippen molar-refractivity contribution in [1.29, 1.82) is 0 Å². The maximum Gasteiger partial charge on any atom is 0.241 e. The number of carbonyl (C=O) groups excluding carboxylic acids is 1. The topological polar surface area (TPSA) is 60.9 Å². The van der Waals surface area contributed by atoms with Crippen molar-refractivity contribution in [2.45, 2.75) is 20.4 Å². The number of rotatable bonds is 4. The van der Waals surface area contributed by atoms with Crippen LogP contribution in [0.3, 0.4) is 0 Å². The highest BCUT2D eigenvalue weighted by Crippen LogP contribution is 2.18. The monoisotopic (exact) mass is 255 g/mol. The molecule has 4 heteroatoms. The molecule has 0 atom stereocenters. The van der Waals surface area contributed by atoms with Crippen LogP contribution in [0.25, 0.3) is 6.08 Å². The Morgan fingerprint density at radius 1 is 1.37 bits per heavy atom. The van der Waals surface area contributed by atoms with E-state index in [4.69, 9.17) is 5.73 Å². The van der Waals surface area contributed by atoms with Gasteiger partial charge in [0.2, 0.25) is 5.91 Å². The minimum Gasteiger partial charge on any atom is -0.366 e. The molecule has 0 fully saturated rings. The smallest absolute Gasteiger partial charge is 0.241 e. The normalized spacial score (nSPS) is 11.1. The zero-order valence-corrected chi connectivity index (χ0v) is 11.1. The number of hydrogen-bond donors (Lipinski definition) is 1. The van der Waals surface area contributed by atoms with Gasteiger partial charge in [0.1, 0.15) is 0 Å². The molecule has 0 saturated heterocycles. The quantitative estimate of drug-likeness (QED) is 0.850. The van der Waals surface area contributed by atoms with Gasteiger partial charge in [0.15, 0.2) is 0 Å². The fraction of sp³-hybridized carbons (Fsp3) is 0.200. The molecular weight excluding hydrogens is 238 g/mol. The van der Waals surface area contributed by atoms with Crippen LogP contribution in [-0.4, -0.2) is 15.5 Å². The fourth-order valence-corrected chi connectivity index (χ4v) is 2.08. The summed E-state index contributed by atoms with van der Waals surface area (Å²) in [6.07, 6.45) is 6.72. The van der Waals surface area contributed by atoms with Gasteiger partial charge < -0.3 is 10.3 Å². The number of nitrogens with zero attached hydrogens (tertiary/aromatic N) is 2. The van der Waals surface area contributed by atoms with E-state index in [-0.39, 0.29) is 0 Å². The average molecular weight is 255 g/mol. The third kappa shape index (κ3) is 3.10. The first kappa shape index (κ1) is 13.1. The van der Waals surface area contributed by atoms with Gasteiger partial charge in [-0.15, -0.1) is 0 Å². The van der Waals surface area contributed by atoms with Crippen LogP contribution in [0.4, 0.5) is 0 Å². The molecule has 2 heterocycles. The number of hydrogen-bond acceptors (Lipinski definition) is 2. The highest BCUT2D eigenvalue weighted by atomic mass is 16.1. The van der Waals surface area contributed by atoms with Crippen LogP contribution in [0.2, 0.25) is 0 Å². The summed E-state index contributed by atoms with van der Waals surface area (Å²) in [5.74, 6) is -0.432. The van der Waals surface area contributed by atoms with Crippen LogP contribution in [0, 0.1) is 13.8 Å². The second-order valence-electron chi connectivity index (χ2n) is 4.50. The van der Waals surface area contributed by atoms with Gasteiger partial charge in [0, 0.05) is 36.4 Å². The first-order valence-corrected chi connectivity index (χ1v) is 6.11. The van der Waals surface area contributed by atoms with Crippen molar-refractivity contribution in [2.75, 3.05) is 0 Å². The number of carbonyl (C=O) groups is 1. The molecule has 0 aromatic carbocycles. The molecule has 98 valence electrons. The largest absolute Gasteiger partial charge is 0.366 e. The van der Waals surface area contributed by atoms with E-state index in [0.29, 0.717) is 0 Å². The van der Waals surface area contributed by atoms with E-state index >= 15 is 0 Å². The molecule has 4 nitrogen and oxygen atoms in total. The van der Waals surface area contributed by atoms with E-state index < -0.39 is 5.91 Å². The molecule has 0 aliphatic rings. The molecule has 0 unspecified atom stereocenters. The lowest BCUT2D eigenvalue weighted by atomic mass is 10.2. The number of pyridine rings is 1. The van der Waals surface area contributed by atoms with Gasteiger partial charge in [-0.05, 0) is 49.2 Å². The third-order valence-electron chi connectivity index (χ3n) is 3.13. The van der Waals surface area contributed by atoms with Crippen molar-refractivity contribution >= 4 is 12.0 Å². The Labute approximate surface area is 112 Å². The van der Waals surface area contributed by atoms with Gasteiger partial charge in [0.05, 0.1) is 0 Å². The van der Waals surface area contributed by atoms with Gasteiger partial charge in [-0.3, -0.25) is 9.78 Å². The predicted molar refractivity (Wildman–Crippen MR) is 75.5 cm³/mol. The van der Waals surface area contributed by atoms with Gasteiger partial charge in [-0.1, -0.05) is 0 Å². The first-order valence-electron chi connectivity index (χ1n) is 6.11. The SMILES string of the molecule is Cc1cc(/C=C\C(N)=O)c(C)n1Cc1ccncc1. The Bertz CT molecular complexity index is 612. The summed E-state index contributed by atoms with van der Waals surface area (Å²) in [7, 11) is 0. The van der Waals surface area contributed by atoms with E-state index in [1.807, 2.05) is 19.1 Å². The molecule has 2 aromatic rings. The summed E-state index contributed by atoms with van der Waals surface area (Å²) in [4.78, 5) is 14.8. The highest BCUT2D eigenvalue weighted by molar-refractivity contribution is 5.90. The molecule has 0 radical (unpaired) electrons. The molecule has 0 aliphatic heterocycles. The van der Waals surface area contributed by atoms with Crippen LogP contribution >= 0.6 is 0 Å². The van der Waals surface area contributed by atoms with Gasteiger partial charge >= 0.3 is 0 Å². The van der Waals surface area contributed by atoms with Crippen LogP contribution in [-0.2, 0) is 11.3 Å². The standard InChI is InChI=1S/C15H17N3O/c1-11-9-14(3-4-15(16)19)12(2)18(11)10-13-5-7-17-8-6-13/h3-9H,10H2,1-2H3,(H2,16,19)/b4-3-. The molecule has 2 rings (SSSR count). The van der Waals surface area contributed by atoms with Crippen LogP contribution in [0.5, 0.6) is 0 Å². The van der Waals surface area contributed by atoms with Crippen molar-refractivity contribution in [3.8, 4) is 0 Å². The van der Waals surface area contributed by atoms with Crippen molar-refractivity contribution in [3.63, 3.8) is 0 Å². The molecule has 19 heavy (non-hydrogen) atoms. The summed E-state index contributed by atoms with van der Waals surface area (Å²) >= 11 is 0. The van der Waals surface area contributed by atoms with Crippen LogP contribution in [0.15, 0.2) is 36.7 Å². The van der Waals surface area contributed by atoms with Crippen molar-refractivity contribution in [3.05, 3.63) is 59.2 Å². The summed E-state index contributed by atoms with van der Waals surface area (Å²) in [6, 6.07) is 6.05. The second-order valence-corrected chi connectivity index (χ2v) is 4.50. The molecule has 0 aliphatic carbocycles. The number of nitrogens with two attached hydrogens (primary N) is 1. The summed E-state index contributed by atoms with van der Waals surface area (Å²) in [5.41, 5.74) is 9.60. The van der Waals surface area contributed by atoms with Crippen molar-refractivity contribution in [2.24, 2.45) is 5.73 Å². The first-order chi connectivity index (χ1) is 9.08. The number of primary amides is 1.